The highest BCUT2D eigenvalue weighted by Gasteiger charge is 2.11. The Morgan fingerprint density at radius 2 is 2.27 bits per heavy atom. The van der Waals surface area contributed by atoms with Crippen LogP contribution in [0.25, 0.3) is 0 Å². The van der Waals surface area contributed by atoms with Gasteiger partial charge in [-0.3, -0.25) is 4.79 Å². The maximum absolute atomic E-state index is 11.4. The molecule has 1 atom stereocenters. The molecule has 0 saturated carbocycles. The highest BCUT2D eigenvalue weighted by molar-refractivity contribution is 6.31. The molecule has 0 aliphatic carbocycles. The fourth-order valence-electron chi connectivity index (χ4n) is 1.02. The van der Waals surface area contributed by atoms with Crippen molar-refractivity contribution in [1.82, 2.24) is 0 Å². The third-order valence-electron chi connectivity index (χ3n) is 1.83. The normalized spacial score (nSPS) is 12.0. The van der Waals surface area contributed by atoms with Gasteiger partial charge in [0, 0.05) is 5.02 Å². The number of carbonyl (C=O) groups excluding carboxylic acids is 1. The van der Waals surface area contributed by atoms with Gasteiger partial charge in [-0.1, -0.05) is 11.6 Å². The van der Waals surface area contributed by atoms with Gasteiger partial charge in [0.2, 0.25) is 5.91 Å². The summed E-state index contributed by atoms with van der Waals surface area (Å²) in [7, 11) is 1.52. The van der Waals surface area contributed by atoms with Crippen molar-refractivity contribution in [2.24, 2.45) is 5.73 Å². The zero-order valence-electron chi connectivity index (χ0n) is 8.58. The van der Waals surface area contributed by atoms with Crippen LogP contribution >= 0.6 is 11.6 Å². The van der Waals surface area contributed by atoms with Crippen molar-refractivity contribution in [2.75, 3.05) is 12.4 Å². The lowest BCUT2D eigenvalue weighted by Crippen LogP contribution is -2.32. The molecule has 0 radical (unpaired) electrons. The van der Waals surface area contributed by atoms with E-state index in [1.54, 1.807) is 25.1 Å². The van der Waals surface area contributed by atoms with Gasteiger partial charge in [0.1, 0.15) is 5.75 Å². The van der Waals surface area contributed by atoms with E-state index in [1.807, 2.05) is 0 Å². The number of benzene rings is 1. The first kappa shape index (κ1) is 11.8. The Morgan fingerprint density at radius 1 is 1.60 bits per heavy atom. The van der Waals surface area contributed by atoms with Crippen molar-refractivity contribution in [2.45, 2.75) is 13.0 Å². The molecule has 1 aromatic rings. The van der Waals surface area contributed by atoms with Crippen molar-refractivity contribution in [3.05, 3.63) is 23.2 Å². The van der Waals surface area contributed by atoms with Gasteiger partial charge in [-0.2, -0.15) is 0 Å². The van der Waals surface area contributed by atoms with E-state index in [2.05, 4.69) is 5.32 Å². The average Bonchev–Trinajstić information content (AvgIpc) is 2.18. The first-order valence-electron chi connectivity index (χ1n) is 4.44. The van der Waals surface area contributed by atoms with Gasteiger partial charge in [-0.25, -0.2) is 0 Å². The van der Waals surface area contributed by atoms with E-state index < -0.39 is 6.04 Å². The summed E-state index contributed by atoms with van der Waals surface area (Å²) >= 11 is 5.80. The molecule has 0 fully saturated rings. The number of ether oxygens (including phenoxy) is 1. The molecule has 0 aliphatic rings. The monoisotopic (exact) mass is 228 g/mol. The van der Waals surface area contributed by atoms with Crippen molar-refractivity contribution >= 4 is 23.2 Å². The molecule has 0 aliphatic heterocycles. The Kier molecular flexibility index (Phi) is 3.94. The smallest absolute Gasteiger partial charge is 0.241 e. The van der Waals surface area contributed by atoms with E-state index in [0.29, 0.717) is 16.5 Å². The standard InChI is InChI=1S/C10H13ClN2O2/c1-6(12)10(14)13-8-5-7(11)3-4-9(8)15-2/h3-6H,12H2,1-2H3,(H,13,14). The number of rotatable bonds is 3. The summed E-state index contributed by atoms with van der Waals surface area (Å²) in [5, 5.41) is 3.15. The van der Waals surface area contributed by atoms with Crippen LogP contribution < -0.4 is 15.8 Å². The molecular formula is C10H13ClN2O2. The summed E-state index contributed by atoms with van der Waals surface area (Å²) in [6, 6.07) is 4.40. The maximum atomic E-state index is 11.4. The molecule has 1 unspecified atom stereocenters. The lowest BCUT2D eigenvalue weighted by Gasteiger charge is -2.11. The highest BCUT2D eigenvalue weighted by atomic mass is 35.5. The first-order valence-corrected chi connectivity index (χ1v) is 4.82. The fraction of sp³-hybridized carbons (Fsp3) is 0.300. The van der Waals surface area contributed by atoms with E-state index >= 15 is 0 Å². The second-order valence-corrected chi connectivity index (χ2v) is 3.56. The Morgan fingerprint density at radius 3 is 2.80 bits per heavy atom. The zero-order chi connectivity index (χ0) is 11.4. The molecule has 15 heavy (non-hydrogen) atoms. The number of anilines is 1. The summed E-state index contributed by atoms with van der Waals surface area (Å²) < 4.78 is 5.07. The predicted molar refractivity (Wildman–Crippen MR) is 60.3 cm³/mol. The molecule has 0 bridgehead atoms. The van der Waals surface area contributed by atoms with E-state index in [4.69, 9.17) is 22.1 Å². The minimum Gasteiger partial charge on any atom is -0.495 e. The largest absolute Gasteiger partial charge is 0.495 e. The van der Waals surface area contributed by atoms with Gasteiger partial charge in [0.15, 0.2) is 0 Å². The van der Waals surface area contributed by atoms with Crippen LogP contribution in [0.1, 0.15) is 6.92 Å². The van der Waals surface area contributed by atoms with Crippen LogP contribution in [-0.4, -0.2) is 19.1 Å². The predicted octanol–water partition coefficient (Wildman–Crippen LogP) is 1.63. The van der Waals surface area contributed by atoms with Crippen molar-refractivity contribution < 1.29 is 9.53 Å². The number of hydrogen-bond donors (Lipinski definition) is 2. The van der Waals surface area contributed by atoms with Gasteiger partial charge in [-0.15, -0.1) is 0 Å². The molecule has 0 saturated heterocycles. The fourth-order valence-corrected chi connectivity index (χ4v) is 1.20. The summed E-state index contributed by atoms with van der Waals surface area (Å²) in [5.41, 5.74) is 5.95. The van der Waals surface area contributed by atoms with E-state index in [9.17, 15) is 4.79 Å². The SMILES string of the molecule is COc1ccc(Cl)cc1NC(=O)C(C)N. The number of nitrogens with one attached hydrogen (secondary N) is 1. The summed E-state index contributed by atoms with van der Waals surface area (Å²) in [6.45, 7) is 1.60. The lowest BCUT2D eigenvalue weighted by atomic mass is 10.2. The molecule has 0 spiro atoms. The summed E-state index contributed by atoms with van der Waals surface area (Å²) in [4.78, 5) is 11.4. The Hall–Kier alpha value is -1.26. The van der Waals surface area contributed by atoms with Gasteiger partial charge in [0.25, 0.3) is 0 Å². The van der Waals surface area contributed by atoms with Gasteiger partial charge < -0.3 is 15.8 Å². The number of amides is 1. The first-order chi connectivity index (χ1) is 7.04. The van der Waals surface area contributed by atoms with Crippen molar-refractivity contribution in [3.8, 4) is 5.75 Å². The maximum Gasteiger partial charge on any atom is 0.241 e. The molecule has 0 aromatic heterocycles. The molecule has 3 N–H and O–H groups in total. The Labute approximate surface area is 93.4 Å². The highest BCUT2D eigenvalue weighted by Crippen LogP contribution is 2.27. The van der Waals surface area contributed by atoms with Crippen LogP contribution in [-0.2, 0) is 4.79 Å². The molecular weight excluding hydrogens is 216 g/mol. The Bertz CT molecular complexity index is 366. The molecule has 5 heteroatoms. The summed E-state index contributed by atoms with van der Waals surface area (Å²) in [5.74, 6) is 0.268. The molecule has 4 nitrogen and oxygen atoms in total. The lowest BCUT2D eigenvalue weighted by molar-refractivity contribution is -0.117. The van der Waals surface area contributed by atoms with Crippen LogP contribution in [0.4, 0.5) is 5.69 Å². The topological polar surface area (TPSA) is 64.3 Å². The third-order valence-corrected chi connectivity index (χ3v) is 2.07. The molecule has 1 aromatic carbocycles. The molecule has 1 rings (SSSR count). The summed E-state index contributed by atoms with van der Waals surface area (Å²) in [6.07, 6.45) is 0. The molecule has 0 heterocycles. The van der Waals surface area contributed by atoms with Crippen LogP contribution in [0.15, 0.2) is 18.2 Å². The number of carbonyl (C=O) groups is 1. The zero-order valence-corrected chi connectivity index (χ0v) is 9.34. The van der Waals surface area contributed by atoms with E-state index in [-0.39, 0.29) is 5.91 Å². The van der Waals surface area contributed by atoms with E-state index in [1.165, 1.54) is 7.11 Å². The Balaban J connectivity index is 2.92. The number of methoxy groups -OCH3 is 1. The van der Waals surface area contributed by atoms with Crippen LogP contribution in [0.2, 0.25) is 5.02 Å². The average molecular weight is 229 g/mol. The van der Waals surface area contributed by atoms with Gasteiger partial charge in [-0.05, 0) is 25.1 Å². The molecule has 82 valence electrons. The minimum atomic E-state index is -0.575. The number of hydrogen-bond acceptors (Lipinski definition) is 3. The van der Waals surface area contributed by atoms with Crippen LogP contribution in [0.3, 0.4) is 0 Å². The number of halogens is 1. The quantitative estimate of drug-likeness (QED) is 0.827. The molecule has 1 amide bonds. The van der Waals surface area contributed by atoms with Crippen molar-refractivity contribution in [3.63, 3.8) is 0 Å². The second-order valence-electron chi connectivity index (χ2n) is 3.12. The van der Waals surface area contributed by atoms with E-state index in [0.717, 1.165) is 0 Å². The van der Waals surface area contributed by atoms with Crippen LogP contribution in [0.5, 0.6) is 5.75 Å². The number of nitrogens with two attached hydrogens (primary N) is 1. The minimum absolute atomic E-state index is 0.282. The van der Waals surface area contributed by atoms with Gasteiger partial charge >= 0.3 is 0 Å². The van der Waals surface area contributed by atoms with Gasteiger partial charge in [0.05, 0.1) is 18.8 Å². The second kappa shape index (κ2) is 5.00. The van der Waals surface area contributed by atoms with Crippen LogP contribution in [0, 0.1) is 0 Å². The van der Waals surface area contributed by atoms with Crippen molar-refractivity contribution in [1.29, 1.82) is 0 Å². The third kappa shape index (κ3) is 3.11.